The van der Waals surface area contributed by atoms with E-state index in [2.05, 4.69) is 0 Å². The maximum Gasteiger partial charge on any atom is 0.233 e. The van der Waals surface area contributed by atoms with Crippen LogP contribution in [0.25, 0.3) is 5.57 Å². The smallest absolute Gasteiger partial charge is 0.233 e. The first-order valence-electron chi connectivity index (χ1n) is 17.2. The minimum absolute atomic E-state index is 0.0483. The Morgan fingerprint density at radius 1 is 0.812 bits per heavy atom. The van der Waals surface area contributed by atoms with Gasteiger partial charge >= 0.3 is 0 Å². The van der Waals surface area contributed by atoms with Gasteiger partial charge in [-0.2, -0.15) is 0 Å². The van der Waals surface area contributed by atoms with E-state index in [1.807, 2.05) is 66.7 Å². The summed E-state index contributed by atoms with van der Waals surface area (Å²) >= 11 is 0. The number of hydrogen-bond donors (Lipinski definition) is 1. The summed E-state index contributed by atoms with van der Waals surface area (Å²) in [7, 11) is 1.53. The lowest BCUT2D eigenvalue weighted by Gasteiger charge is -2.55. The van der Waals surface area contributed by atoms with Gasteiger partial charge in [0.25, 0.3) is 0 Å². The van der Waals surface area contributed by atoms with Gasteiger partial charge in [0.15, 0.2) is 11.6 Å². The van der Waals surface area contributed by atoms with Gasteiger partial charge in [0.1, 0.15) is 11.5 Å². The first-order valence-corrected chi connectivity index (χ1v) is 17.2. The van der Waals surface area contributed by atoms with Gasteiger partial charge in [0.2, 0.25) is 11.8 Å². The molecule has 2 amide bonds. The van der Waals surface area contributed by atoms with Crippen LogP contribution in [0.3, 0.4) is 0 Å². The summed E-state index contributed by atoms with van der Waals surface area (Å²) < 4.78 is 5.87. The molecule has 0 aromatic heterocycles. The molecule has 2 saturated carbocycles. The van der Waals surface area contributed by atoms with Crippen LogP contribution in [0.5, 0.6) is 11.5 Å². The Hall–Kier alpha value is -4.78. The largest absolute Gasteiger partial charge is 0.508 e. The molecule has 48 heavy (non-hydrogen) atoms. The van der Waals surface area contributed by atoms with E-state index in [0.717, 1.165) is 37.7 Å². The van der Waals surface area contributed by atoms with E-state index in [1.54, 1.807) is 23.1 Å². The van der Waals surface area contributed by atoms with E-state index in [9.17, 15) is 14.7 Å². The topological polar surface area (TPSA) is 101 Å². The molecule has 0 unspecified atom stereocenters. The molecular weight excluding hydrogens is 602 g/mol. The zero-order chi connectivity index (χ0) is 33.2. The molecule has 8 rings (SSSR count). The van der Waals surface area contributed by atoms with Gasteiger partial charge in [-0.15, -0.1) is 0 Å². The quantitative estimate of drug-likeness (QED) is 0.250. The number of carbonyl (C=O) groups excluding carboxylic acids is 4. The normalized spacial score (nSPS) is 30.3. The van der Waals surface area contributed by atoms with Crippen molar-refractivity contribution in [3.05, 3.63) is 113 Å². The lowest BCUT2D eigenvalue weighted by molar-refractivity contribution is -0.144. The van der Waals surface area contributed by atoms with E-state index in [4.69, 9.17) is 4.74 Å². The number of aromatic hydroxyl groups is 1. The van der Waals surface area contributed by atoms with Crippen molar-refractivity contribution in [3.8, 4) is 11.5 Å². The summed E-state index contributed by atoms with van der Waals surface area (Å²) in [5.41, 5.74) is 1.49. The molecule has 1 saturated heterocycles. The number of ether oxygens (including phenoxy) is 1. The molecule has 244 valence electrons. The van der Waals surface area contributed by atoms with Crippen LogP contribution in [-0.2, 0) is 24.6 Å². The number of hydrogen-bond acceptors (Lipinski definition) is 6. The molecule has 3 aromatic rings. The maximum absolute atomic E-state index is 15.1. The van der Waals surface area contributed by atoms with E-state index in [0.29, 0.717) is 34.4 Å². The summed E-state index contributed by atoms with van der Waals surface area (Å²) in [5.74, 6) is -3.64. The van der Waals surface area contributed by atoms with Gasteiger partial charge in [-0.3, -0.25) is 24.1 Å². The number of imide groups is 1. The number of carbonyl (C=O) groups is 4. The summed E-state index contributed by atoms with van der Waals surface area (Å²) in [5, 5.41) is 11.6. The van der Waals surface area contributed by atoms with Crippen LogP contribution in [-0.4, -0.2) is 46.5 Å². The Kier molecular flexibility index (Phi) is 7.46. The highest BCUT2D eigenvalue weighted by atomic mass is 16.5. The number of likely N-dealkylation sites (tertiary alicyclic amines) is 1. The van der Waals surface area contributed by atoms with E-state index in [-0.39, 0.29) is 41.6 Å². The van der Waals surface area contributed by atoms with Crippen molar-refractivity contribution in [3.63, 3.8) is 0 Å². The van der Waals surface area contributed by atoms with E-state index in [1.165, 1.54) is 13.2 Å². The third-order valence-corrected chi connectivity index (χ3v) is 11.9. The molecule has 1 heterocycles. The maximum atomic E-state index is 15.1. The second-order valence-corrected chi connectivity index (χ2v) is 14.0. The Morgan fingerprint density at radius 3 is 2.23 bits per heavy atom. The number of fused-ring (bicyclic) bond motifs is 4. The molecule has 0 radical (unpaired) electrons. The number of phenolic OH excluding ortho intramolecular Hbond substituents is 1. The molecule has 7 heteroatoms. The molecule has 0 spiro atoms. The Bertz CT molecular complexity index is 1870. The van der Waals surface area contributed by atoms with Crippen molar-refractivity contribution < 1.29 is 29.0 Å². The highest BCUT2D eigenvalue weighted by Crippen LogP contribution is 2.65. The fourth-order valence-electron chi connectivity index (χ4n) is 9.91. The van der Waals surface area contributed by atoms with Gasteiger partial charge in [-0.25, -0.2) is 0 Å². The third-order valence-electron chi connectivity index (χ3n) is 11.9. The van der Waals surface area contributed by atoms with Crippen LogP contribution in [0.4, 0.5) is 0 Å². The predicted octanol–water partition coefficient (Wildman–Crippen LogP) is 6.56. The minimum Gasteiger partial charge on any atom is -0.508 e. The lowest BCUT2D eigenvalue weighted by atomic mass is 9.44. The standard InChI is InChI=1S/C41H39NO6/c1-48-33-19-11-18-32(43)36(33)37-27-20-21-28-35(40(47)42(39(28)46)26-16-9-4-10-17-26)30(27)22-31-38(45)29(24-12-5-2-6-13-24)23-34(44)41(31,37)25-14-7-3-8-15-25/h2-3,5-8,11-15,18-20,23,26,28,30-31,35,37,43H,4,9-10,16-17,21-22H2,1H3/t28-,30+,31-,35-,37+,41-/m0/s1. The van der Waals surface area contributed by atoms with Gasteiger partial charge < -0.3 is 9.84 Å². The summed E-state index contributed by atoms with van der Waals surface area (Å²) in [6.07, 6.45) is 8.84. The molecule has 0 bridgehead atoms. The van der Waals surface area contributed by atoms with Crippen molar-refractivity contribution in [1.29, 1.82) is 0 Å². The number of nitrogens with zero attached hydrogens (tertiary/aromatic N) is 1. The van der Waals surface area contributed by atoms with Gasteiger partial charge in [0.05, 0.1) is 24.4 Å². The summed E-state index contributed by atoms with van der Waals surface area (Å²) in [6, 6.07) is 23.6. The van der Waals surface area contributed by atoms with Crippen LogP contribution in [0.2, 0.25) is 0 Å². The van der Waals surface area contributed by atoms with Crippen LogP contribution in [0.15, 0.2) is 96.6 Å². The zero-order valence-corrected chi connectivity index (χ0v) is 27.0. The number of benzene rings is 3. The highest BCUT2D eigenvalue weighted by molar-refractivity contribution is 6.31. The zero-order valence-electron chi connectivity index (χ0n) is 27.0. The number of allylic oxidation sites excluding steroid dienone is 4. The first-order chi connectivity index (χ1) is 23.4. The monoisotopic (exact) mass is 641 g/mol. The van der Waals surface area contributed by atoms with Crippen LogP contribution < -0.4 is 4.74 Å². The Labute approximate surface area is 280 Å². The molecule has 4 aliphatic carbocycles. The van der Waals surface area contributed by atoms with Crippen LogP contribution in [0, 0.1) is 23.7 Å². The number of ketones is 2. The Balaban J connectivity index is 1.37. The highest BCUT2D eigenvalue weighted by Gasteiger charge is 2.66. The fraction of sp³-hybridized carbons (Fsp3) is 0.366. The number of Topliss-reactive ketones (excluding diaryl/α,β-unsaturated/α-hetero) is 1. The van der Waals surface area contributed by atoms with Crippen molar-refractivity contribution in [1.82, 2.24) is 4.90 Å². The van der Waals surface area contributed by atoms with Gasteiger partial charge in [-0.05, 0) is 60.9 Å². The van der Waals surface area contributed by atoms with Crippen LogP contribution >= 0.6 is 0 Å². The number of methoxy groups -OCH3 is 1. The number of amides is 2. The molecule has 7 nitrogen and oxygen atoms in total. The molecule has 1 aliphatic heterocycles. The molecule has 3 aromatic carbocycles. The predicted molar refractivity (Wildman–Crippen MR) is 180 cm³/mol. The van der Waals surface area contributed by atoms with Crippen molar-refractivity contribution in [2.45, 2.75) is 62.3 Å². The second kappa shape index (κ2) is 11.7. The lowest BCUT2D eigenvalue weighted by Crippen LogP contribution is -2.59. The molecule has 5 aliphatic rings. The van der Waals surface area contributed by atoms with Crippen molar-refractivity contribution in [2.75, 3.05) is 7.11 Å². The SMILES string of the molecule is COc1cccc(O)c1[C@H]1C2=CC[C@@H]3C(=O)N(C4CCCCC4)C(=O)[C@@H]3[C@@H]2C[C@H]2C(=O)C(c3ccccc3)=CC(=O)[C@@]12c1ccccc1. The summed E-state index contributed by atoms with van der Waals surface area (Å²) in [6.45, 7) is 0. The molecule has 1 N–H and O–H groups in total. The first kappa shape index (κ1) is 30.5. The summed E-state index contributed by atoms with van der Waals surface area (Å²) in [4.78, 5) is 60.3. The van der Waals surface area contributed by atoms with Crippen molar-refractivity contribution >= 4 is 29.0 Å². The van der Waals surface area contributed by atoms with E-state index >= 15 is 9.59 Å². The second-order valence-electron chi connectivity index (χ2n) is 14.0. The van der Waals surface area contributed by atoms with Crippen molar-refractivity contribution in [2.24, 2.45) is 23.7 Å². The number of phenols is 1. The fourth-order valence-corrected chi connectivity index (χ4v) is 9.91. The average Bonchev–Trinajstić information content (AvgIpc) is 3.39. The van der Waals surface area contributed by atoms with E-state index < -0.39 is 35.0 Å². The molecule has 6 atom stereocenters. The van der Waals surface area contributed by atoms with Gasteiger partial charge in [0, 0.05) is 29.0 Å². The minimum atomic E-state index is -1.42. The Morgan fingerprint density at radius 2 is 1.52 bits per heavy atom. The van der Waals surface area contributed by atoms with Crippen LogP contribution in [0.1, 0.15) is 67.6 Å². The molecule has 3 fully saturated rings. The number of rotatable bonds is 5. The molecular formula is C41H39NO6. The average molecular weight is 642 g/mol. The van der Waals surface area contributed by atoms with Gasteiger partial charge in [-0.1, -0.05) is 97.6 Å². The third kappa shape index (κ3) is 4.32.